The highest BCUT2D eigenvalue weighted by Gasteiger charge is 2.22. The second-order valence-electron chi connectivity index (χ2n) is 4.32. The Morgan fingerprint density at radius 2 is 2.00 bits per heavy atom. The van der Waals surface area contributed by atoms with E-state index in [1.54, 1.807) is 18.1 Å². The number of amides is 1. The minimum absolute atomic E-state index is 0.0145. The first kappa shape index (κ1) is 14.3. The first-order chi connectivity index (χ1) is 9.15. The molecule has 1 aromatic rings. The van der Waals surface area contributed by atoms with Crippen molar-refractivity contribution in [2.45, 2.75) is 0 Å². The number of rotatable bonds is 3. The highest BCUT2D eigenvalue weighted by molar-refractivity contribution is 6.31. The Morgan fingerprint density at radius 3 is 2.58 bits per heavy atom. The molecule has 2 rings (SSSR count). The first-order valence-electron chi connectivity index (χ1n) is 6.08. The predicted octanol–water partition coefficient (Wildman–Crippen LogP) is 2.24. The molecule has 1 aliphatic rings. The van der Waals surface area contributed by atoms with Crippen LogP contribution >= 0.6 is 23.2 Å². The minimum atomic E-state index is -0.0145. The zero-order valence-corrected chi connectivity index (χ0v) is 12.2. The van der Waals surface area contributed by atoms with Crippen LogP contribution in [0.15, 0.2) is 18.2 Å². The Morgan fingerprint density at radius 1 is 1.32 bits per heavy atom. The maximum absolute atomic E-state index is 11.5. The van der Waals surface area contributed by atoms with Gasteiger partial charge in [0.1, 0.15) is 11.6 Å². The molecule has 4 nitrogen and oxygen atoms in total. The van der Waals surface area contributed by atoms with Gasteiger partial charge in [-0.25, -0.2) is 0 Å². The average Bonchev–Trinajstić information content (AvgIpc) is 2.46. The third kappa shape index (κ3) is 3.25. The lowest BCUT2D eigenvalue weighted by Crippen LogP contribution is -2.49. The number of methoxy groups -OCH3 is 1. The normalized spacial score (nSPS) is 15.5. The molecule has 104 valence electrons. The number of hydrogen-bond acceptors (Lipinski definition) is 3. The zero-order valence-electron chi connectivity index (χ0n) is 10.7. The molecule has 19 heavy (non-hydrogen) atoms. The summed E-state index contributed by atoms with van der Waals surface area (Å²) in [6.45, 7) is 2.83. The molecule has 1 amide bonds. The number of halogens is 2. The van der Waals surface area contributed by atoms with Gasteiger partial charge in [-0.3, -0.25) is 4.79 Å². The molecule has 0 aliphatic carbocycles. The lowest BCUT2D eigenvalue weighted by atomic mass is 10.2. The van der Waals surface area contributed by atoms with Gasteiger partial charge < -0.3 is 14.5 Å². The summed E-state index contributed by atoms with van der Waals surface area (Å²) in [4.78, 5) is 15.5. The maximum Gasteiger partial charge on any atom is 0.237 e. The first-order valence-corrected chi connectivity index (χ1v) is 6.99. The third-order valence-electron chi connectivity index (χ3n) is 3.23. The molecule has 0 N–H and O–H groups in total. The van der Waals surface area contributed by atoms with Crippen LogP contribution in [0.1, 0.15) is 0 Å². The van der Waals surface area contributed by atoms with Crippen molar-refractivity contribution in [3.63, 3.8) is 0 Å². The number of alkyl halides is 1. The number of benzene rings is 1. The van der Waals surface area contributed by atoms with Crippen LogP contribution in [-0.4, -0.2) is 50.0 Å². The Kier molecular flexibility index (Phi) is 4.77. The summed E-state index contributed by atoms with van der Waals surface area (Å²) >= 11 is 11.6. The van der Waals surface area contributed by atoms with Crippen molar-refractivity contribution >= 4 is 34.8 Å². The second-order valence-corrected chi connectivity index (χ2v) is 5.02. The Hall–Kier alpha value is -1.13. The zero-order chi connectivity index (χ0) is 13.8. The smallest absolute Gasteiger partial charge is 0.237 e. The number of piperazine rings is 1. The number of ether oxygens (including phenoxy) is 1. The summed E-state index contributed by atoms with van der Waals surface area (Å²) in [5.74, 6) is 0.821. The van der Waals surface area contributed by atoms with Gasteiger partial charge in [0.05, 0.1) is 12.8 Å². The Balaban J connectivity index is 2.09. The fraction of sp³-hybridized carbons (Fsp3) is 0.462. The monoisotopic (exact) mass is 302 g/mol. The molecule has 0 atom stereocenters. The van der Waals surface area contributed by atoms with Crippen LogP contribution in [0.5, 0.6) is 5.75 Å². The van der Waals surface area contributed by atoms with Gasteiger partial charge >= 0.3 is 0 Å². The molecule has 0 radical (unpaired) electrons. The molecule has 1 aliphatic heterocycles. The lowest BCUT2D eigenvalue weighted by molar-refractivity contribution is -0.128. The molecule has 1 saturated heterocycles. The summed E-state index contributed by atoms with van der Waals surface area (Å²) in [5.41, 5.74) is 0.966. The molecular formula is C13H16Cl2N2O2. The van der Waals surface area contributed by atoms with Gasteiger partial charge in [0, 0.05) is 31.2 Å². The van der Waals surface area contributed by atoms with Crippen LogP contribution in [-0.2, 0) is 4.79 Å². The third-order valence-corrected chi connectivity index (χ3v) is 3.69. The standard InChI is InChI=1S/C13H16Cl2N2O2/c1-19-12-3-2-10(15)8-11(12)16-4-6-17(7-5-16)13(18)9-14/h2-3,8H,4-7,9H2,1H3. The summed E-state index contributed by atoms with van der Waals surface area (Å²) in [7, 11) is 1.64. The van der Waals surface area contributed by atoms with Crippen LogP contribution in [0.4, 0.5) is 5.69 Å². The predicted molar refractivity (Wildman–Crippen MR) is 77.5 cm³/mol. The van der Waals surface area contributed by atoms with Gasteiger partial charge in [-0.2, -0.15) is 0 Å². The quantitative estimate of drug-likeness (QED) is 0.803. The highest BCUT2D eigenvalue weighted by atomic mass is 35.5. The minimum Gasteiger partial charge on any atom is -0.495 e. The number of anilines is 1. The van der Waals surface area contributed by atoms with Crippen molar-refractivity contribution < 1.29 is 9.53 Å². The van der Waals surface area contributed by atoms with Crippen LogP contribution in [0.3, 0.4) is 0 Å². The molecule has 1 heterocycles. The van der Waals surface area contributed by atoms with E-state index >= 15 is 0 Å². The molecule has 0 saturated carbocycles. The van der Waals surface area contributed by atoms with E-state index in [0.717, 1.165) is 24.5 Å². The van der Waals surface area contributed by atoms with Gasteiger partial charge in [-0.1, -0.05) is 11.6 Å². The fourth-order valence-electron chi connectivity index (χ4n) is 2.19. The van der Waals surface area contributed by atoms with Gasteiger partial charge in [0.25, 0.3) is 0 Å². The van der Waals surface area contributed by atoms with Crippen molar-refractivity contribution in [3.05, 3.63) is 23.2 Å². The van der Waals surface area contributed by atoms with Gasteiger partial charge in [-0.05, 0) is 18.2 Å². The van der Waals surface area contributed by atoms with Crippen LogP contribution in [0, 0.1) is 0 Å². The van der Waals surface area contributed by atoms with Gasteiger partial charge in [0.15, 0.2) is 0 Å². The Bertz CT molecular complexity index is 460. The van der Waals surface area contributed by atoms with Crippen LogP contribution < -0.4 is 9.64 Å². The van der Waals surface area contributed by atoms with Gasteiger partial charge in [-0.15, -0.1) is 11.6 Å². The largest absolute Gasteiger partial charge is 0.495 e. The second kappa shape index (κ2) is 6.35. The topological polar surface area (TPSA) is 32.8 Å². The summed E-state index contributed by atoms with van der Waals surface area (Å²) in [6, 6.07) is 5.55. The average molecular weight is 303 g/mol. The molecule has 0 aromatic heterocycles. The molecular weight excluding hydrogens is 287 g/mol. The van der Waals surface area contributed by atoms with E-state index < -0.39 is 0 Å². The van der Waals surface area contributed by atoms with E-state index in [1.165, 1.54) is 0 Å². The SMILES string of the molecule is COc1ccc(Cl)cc1N1CCN(C(=O)CCl)CC1. The van der Waals surface area contributed by atoms with E-state index in [-0.39, 0.29) is 11.8 Å². The summed E-state index contributed by atoms with van der Waals surface area (Å²) < 4.78 is 5.35. The number of nitrogens with zero attached hydrogens (tertiary/aromatic N) is 2. The number of hydrogen-bond donors (Lipinski definition) is 0. The van der Waals surface area contributed by atoms with Gasteiger partial charge in [0.2, 0.25) is 5.91 Å². The van der Waals surface area contributed by atoms with E-state index in [0.29, 0.717) is 18.1 Å². The fourth-order valence-corrected chi connectivity index (χ4v) is 2.53. The highest BCUT2D eigenvalue weighted by Crippen LogP contribution is 2.31. The van der Waals surface area contributed by atoms with Crippen LogP contribution in [0.2, 0.25) is 5.02 Å². The van der Waals surface area contributed by atoms with Crippen molar-refractivity contribution in [2.75, 3.05) is 44.1 Å². The maximum atomic E-state index is 11.5. The molecule has 0 spiro atoms. The number of carbonyl (C=O) groups is 1. The van der Waals surface area contributed by atoms with E-state index in [9.17, 15) is 4.79 Å². The van der Waals surface area contributed by atoms with E-state index in [4.69, 9.17) is 27.9 Å². The molecule has 0 unspecified atom stereocenters. The molecule has 1 fully saturated rings. The lowest BCUT2D eigenvalue weighted by Gasteiger charge is -2.36. The summed E-state index contributed by atoms with van der Waals surface area (Å²) in [6.07, 6.45) is 0. The Labute approximate surface area is 122 Å². The van der Waals surface area contributed by atoms with Crippen LogP contribution in [0.25, 0.3) is 0 Å². The van der Waals surface area contributed by atoms with Crippen molar-refractivity contribution in [3.8, 4) is 5.75 Å². The molecule has 6 heteroatoms. The summed E-state index contributed by atoms with van der Waals surface area (Å²) in [5, 5.41) is 0.676. The molecule has 1 aromatic carbocycles. The van der Waals surface area contributed by atoms with E-state index in [2.05, 4.69) is 4.90 Å². The van der Waals surface area contributed by atoms with Crippen molar-refractivity contribution in [2.24, 2.45) is 0 Å². The van der Waals surface area contributed by atoms with E-state index in [1.807, 2.05) is 12.1 Å². The van der Waals surface area contributed by atoms with Crippen molar-refractivity contribution in [1.29, 1.82) is 0 Å². The molecule has 0 bridgehead atoms. The number of carbonyl (C=O) groups excluding carboxylic acids is 1. The van der Waals surface area contributed by atoms with Crippen molar-refractivity contribution in [1.82, 2.24) is 4.90 Å².